The second kappa shape index (κ2) is 4.23. The van der Waals surface area contributed by atoms with Gasteiger partial charge in [0.05, 0.1) is 0 Å². The molecule has 0 saturated carbocycles. The molecule has 0 radical (unpaired) electrons. The second-order valence-electron chi connectivity index (χ2n) is 4.37. The summed E-state index contributed by atoms with van der Waals surface area (Å²) >= 11 is 0. The maximum Gasteiger partial charge on any atom is 0.0402 e. The van der Waals surface area contributed by atoms with Crippen LogP contribution >= 0.6 is 0 Å². The van der Waals surface area contributed by atoms with Gasteiger partial charge in [-0.15, -0.1) is 0 Å². The summed E-state index contributed by atoms with van der Waals surface area (Å²) in [5.41, 5.74) is 10.2. The average Bonchev–Trinajstić information content (AvgIpc) is 2.62. The molecule has 1 aliphatic rings. The normalized spacial score (nSPS) is 16.6. The molecule has 1 aromatic carbocycles. The Hall–Kier alpha value is -1.02. The first kappa shape index (κ1) is 10.5. The smallest absolute Gasteiger partial charge is 0.0402 e. The van der Waals surface area contributed by atoms with Crippen LogP contribution < -0.4 is 10.6 Å². The lowest BCUT2D eigenvalue weighted by atomic mass is 10.00. The Bertz CT molecular complexity index is 344. The average molecular weight is 204 g/mol. The SMILES string of the molecule is CCCN1CCc2c(C(C)N)cccc21. The number of hydrogen-bond acceptors (Lipinski definition) is 2. The van der Waals surface area contributed by atoms with E-state index in [0.29, 0.717) is 0 Å². The topological polar surface area (TPSA) is 29.3 Å². The number of hydrogen-bond donors (Lipinski definition) is 1. The number of benzene rings is 1. The standard InChI is InChI=1S/C13H20N2/c1-3-8-15-9-7-12-11(10(2)14)5-4-6-13(12)15/h4-6,10H,3,7-9,14H2,1-2H3. The molecule has 0 saturated heterocycles. The Labute approximate surface area is 92.1 Å². The molecule has 2 N–H and O–H groups in total. The van der Waals surface area contributed by atoms with Crippen molar-refractivity contribution in [1.29, 1.82) is 0 Å². The molecule has 0 amide bonds. The molecular formula is C13H20N2. The lowest BCUT2D eigenvalue weighted by Gasteiger charge is -2.19. The van der Waals surface area contributed by atoms with Gasteiger partial charge in [0.15, 0.2) is 0 Å². The van der Waals surface area contributed by atoms with E-state index in [1.165, 1.54) is 23.2 Å². The number of fused-ring (bicyclic) bond motifs is 1. The van der Waals surface area contributed by atoms with Crippen LogP contribution in [-0.4, -0.2) is 13.1 Å². The van der Waals surface area contributed by atoms with Gasteiger partial charge in [0.25, 0.3) is 0 Å². The maximum atomic E-state index is 5.99. The lowest BCUT2D eigenvalue weighted by Crippen LogP contribution is -2.20. The van der Waals surface area contributed by atoms with E-state index < -0.39 is 0 Å². The molecule has 82 valence electrons. The molecule has 0 spiro atoms. The van der Waals surface area contributed by atoms with E-state index in [1.54, 1.807) is 0 Å². The van der Waals surface area contributed by atoms with Gasteiger partial charge >= 0.3 is 0 Å². The van der Waals surface area contributed by atoms with Crippen LogP contribution in [0.25, 0.3) is 0 Å². The third kappa shape index (κ3) is 1.86. The van der Waals surface area contributed by atoms with Gasteiger partial charge in [0, 0.05) is 24.8 Å². The Balaban J connectivity index is 2.34. The van der Waals surface area contributed by atoms with Crippen LogP contribution in [-0.2, 0) is 6.42 Å². The predicted octanol–water partition coefficient (Wildman–Crippen LogP) is 2.48. The van der Waals surface area contributed by atoms with Crippen LogP contribution in [0.3, 0.4) is 0 Å². The lowest BCUT2D eigenvalue weighted by molar-refractivity contribution is 0.789. The molecule has 2 heteroatoms. The summed E-state index contributed by atoms with van der Waals surface area (Å²) in [4.78, 5) is 2.47. The van der Waals surface area contributed by atoms with E-state index in [0.717, 1.165) is 19.5 Å². The number of rotatable bonds is 3. The van der Waals surface area contributed by atoms with Gasteiger partial charge in [0.2, 0.25) is 0 Å². The van der Waals surface area contributed by atoms with Gasteiger partial charge in [0.1, 0.15) is 0 Å². The van der Waals surface area contributed by atoms with E-state index in [4.69, 9.17) is 5.73 Å². The van der Waals surface area contributed by atoms with E-state index in [-0.39, 0.29) is 6.04 Å². The van der Waals surface area contributed by atoms with Crippen molar-refractivity contribution in [2.45, 2.75) is 32.7 Å². The highest BCUT2D eigenvalue weighted by Gasteiger charge is 2.21. The molecule has 15 heavy (non-hydrogen) atoms. The minimum Gasteiger partial charge on any atom is -0.371 e. The van der Waals surface area contributed by atoms with Crippen molar-refractivity contribution in [2.24, 2.45) is 5.73 Å². The summed E-state index contributed by atoms with van der Waals surface area (Å²) in [5.74, 6) is 0. The fourth-order valence-corrected chi connectivity index (χ4v) is 2.46. The summed E-state index contributed by atoms with van der Waals surface area (Å²) in [6.07, 6.45) is 2.37. The van der Waals surface area contributed by atoms with Gasteiger partial charge in [-0.2, -0.15) is 0 Å². The van der Waals surface area contributed by atoms with Crippen molar-refractivity contribution in [3.63, 3.8) is 0 Å². The summed E-state index contributed by atoms with van der Waals surface area (Å²) in [6, 6.07) is 6.68. The predicted molar refractivity (Wildman–Crippen MR) is 65.3 cm³/mol. The number of nitrogens with two attached hydrogens (primary N) is 1. The van der Waals surface area contributed by atoms with Crippen LogP contribution in [0, 0.1) is 0 Å². The summed E-state index contributed by atoms with van der Waals surface area (Å²) < 4.78 is 0. The molecule has 2 nitrogen and oxygen atoms in total. The third-order valence-electron chi connectivity index (χ3n) is 3.14. The fourth-order valence-electron chi connectivity index (χ4n) is 2.46. The molecule has 0 bridgehead atoms. The third-order valence-corrected chi connectivity index (χ3v) is 3.14. The number of anilines is 1. The molecule has 0 fully saturated rings. The van der Waals surface area contributed by atoms with Crippen molar-refractivity contribution in [3.8, 4) is 0 Å². The fraction of sp³-hybridized carbons (Fsp3) is 0.538. The zero-order valence-electron chi connectivity index (χ0n) is 9.66. The highest BCUT2D eigenvalue weighted by Crippen LogP contribution is 2.32. The van der Waals surface area contributed by atoms with Gasteiger partial charge in [-0.1, -0.05) is 19.1 Å². The highest BCUT2D eigenvalue weighted by atomic mass is 15.1. The Morgan fingerprint density at radius 1 is 1.47 bits per heavy atom. The first-order valence-corrected chi connectivity index (χ1v) is 5.86. The molecule has 2 rings (SSSR count). The van der Waals surface area contributed by atoms with E-state index in [9.17, 15) is 0 Å². The molecule has 1 aliphatic heterocycles. The Kier molecular flexibility index (Phi) is 2.96. The van der Waals surface area contributed by atoms with Crippen LogP contribution in [0.4, 0.5) is 5.69 Å². The van der Waals surface area contributed by atoms with Crippen LogP contribution in [0.2, 0.25) is 0 Å². The van der Waals surface area contributed by atoms with Crippen LogP contribution in [0.5, 0.6) is 0 Å². The molecular weight excluding hydrogens is 184 g/mol. The summed E-state index contributed by atoms with van der Waals surface area (Å²) in [5, 5.41) is 0. The van der Waals surface area contributed by atoms with Crippen molar-refractivity contribution in [3.05, 3.63) is 29.3 Å². The molecule has 1 unspecified atom stereocenters. The molecule has 0 aliphatic carbocycles. The first-order chi connectivity index (χ1) is 7.24. The summed E-state index contributed by atoms with van der Waals surface area (Å²) in [6.45, 7) is 6.62. The quantitative estimate of drug-likeness (QED) is 0.819. The zero-order chi connectivity index (χ0) is 10.8. The van der Waals surface area contributed by atoms with Crippen molar-refractivity contribution in [2.75, 3.05) is 18.0 Å². The van der Waals surface area contributed by atoms with Crippen LogP contribution in [0.1, 0.15) is 37.4 Å². The number of nitrogens with zero attached hydrogens (tertiary/aromatic N) is 1. The van der Waals surface area contributed by atoms with Crippen molar-refractivity contribution >= 4 is 5.69 Å². The second-order valence-corrected chi connectivity index (χ2v) is 4.37. The minimum atomic E-state index is 0.154. The first-order valence-electron chi connectivity index (χ1n) is 5.86. The van der Waals surface area contributed by atoms with Gasteiger partial charge in [-0.3, -0.25) is 0 Å². The van der Waals surface area contributed by atoms with Crippen LogP contribution in [0.15, 0.2) is 18.2 Å². The van der Waals surface area contributed by atoms with Gasteiger partial charge < -0.3 is 10.6 Å². The van der Waals surface area contributed by atoms with E-state index in [2.05, 4.69) is 36.9 Å². The molecule has 1 atom stereocenters. The van der Waals surface area contributed by atoms with Crippen molar-refractivity contribution < 1.29 is 0 Å². The maximum absolute atomic E-state index is 5.99. The van der Waals surface area contributed by atoms with Crippen molar-refractivity contribution in [1.82, 2.24) is 0 Å². The molecule has 0 aromatic heterocycles. The largest absolute Gasteiger partial charge is 0.371 e. The highest BCUT2D eigenvalue weighted by molar-refractivity contribution is 5.61. The zero-order valence-corrected chi connectivity index (χ0v) is 9.66. The van der Waals surface area contributed by atoms with Gasteiger partial charge in [-0.05, 0) is 37.0 Å². The Morgan fingerprint density at radius 3 is 2.93 bits per heavy atom. The molecule has 1 aromatic rings. The van der Waals surface area contributed by atoms with Gasteiger partial charge in [-0.25, -0.2) is 0 Å². The summed E-state index contributed by atoms with van der Waals surface area (Å²) in [7, 11) is 0. The monoisotopic (exact) mass is 204 g/mol. The minimum absolute atomic E-state index is 0.154. The molecule has 1 heterocycles. The van der Waals surface area contributed by atoms with E-state index in [1.807, 2.05) is 0 Å². The van der Waals surface area contributed by atoms with E-state index >= 15 is 0 Å². The Morgan fingerprint density at radius 2 is 2.27 bits per heavy atom.